The fourth-order valence-corrected chi connectivity index (χ4v) is 11.7. The van der Waals surface area contributed by atoms with Crippen LogP contribution < -0.4 is 15.5 Å². The zero-order chi connectivity index (χ0) is 51.7. The molecule has 4 aliphatic heterocycles. The van der Waals surface area contributed by atoms with Gasteiger partial charge in [0, 0.05) is 80.8 Å². The van der Waals surface area contributed by atoms with Crippen LogP contribution in [0.3, 0.4) is 0 Å². The van der Waals surface area contributed by atoms with Crippen molar-refractivity contribution in [2.24, 2.45) is 25.9 Å². The maximum atomic E-state index is 15.9. The van der Waals surface area contributed by atoms with Gasteiger partial charge < -0.3 is 33.5 Å². The number of likely N-dealkylation sites (tertiary alicyclic amines) is 1. The summed E-state index contributed by atoms with van der Waals surface area (Å²) >= 11 is 0. The van der Waals surface area contributed by atoms with Gasteiger partial charge in [-0.25, -0.2) is 4.59 Å². The highest BCUT2D eigenvalue weighted by atomic mass is 16.5. The van der Waals surface area contributed by atoms with E-state index in [9.17, 15) is 15.2 Å². The molecule has 10 rings (SSSR count). The number of carbonyl (C=O) groups excluding carboxylic acids is 3. The summed E-state index contributed by atoms with van der Waals surface area (Å²) in [5.74, 6) is 8.23. The van der Waals surface area contributed by atoms with Crippen molar-refractivity contribution in [1.82, 2.24) is 18.9 Å². The van der Waals surface area contributed by atoms with Crippen molar-refractivity contribution in [3.63, 3.8) is 0 Å². The first-order valence-corrected chi connectivity index (χ1v) is 26.4. The number of benzene rings is 4. The number of piperidine rings is 1. The first-order valence-electron chi connectivity index (χ1n) is 26.4. The van der Waals surface area contributed by atoms with Crippen LogP contribution in [0, 0.1) is 31.1 Å². The number of nitriles is 1. The highest BCUT2D eigenvalue weighted by Crippen LogP contribution is 2.39. The monoisotopic (exact) mass is 998 g/mol. The molecule has 0 aliphatic carbocycles. The lowest BCUT2D eigenvalue weighted by molar-refractivity contribution is -0.945. The molecule has 6 heterocycles. The number of phenolic OH excluding ortho intramolecular Hbond substituents is 1. The van der Waals surface area contributed by atoms with Crippen LogP contribution in [0.2, 0.25) is 0 Å². The Kier molecular flexibility index (Phi) is 14.5. The third kappa shape index (κ3) is 10.3. The maximum absolute atomic E-state index is 15.9. The number of phenols is 1. The van der Waals surface area contributed by atoms with Crippen LogP contribution in [0.25, 0.3) is 11.3 Å². The Hall–Kier alpha value is -7.18. The summed E-state index contributed by atoms with van der Waals surface area (Å²) < 4.78 is 15.8. The smallest absolute Gasteiger partial charge is 0.264 e. The van der Waals surface area contributed by atoms with Gasteiger partial charge in [0.15, 0.2) is 0 Å². The fraction of sp³-hybridized carbons (Fsp3) is 0.400. The minimum atomic E-state index is -0.327. The molecule has 2 fully saturated rings. The summed E-state index contributed by atoms with van der Waals surface area (Å²) in [5.41, 5.74) is 10.4. The summed E-state index contributed by atoms with van der Waals surface area (Å²) in [7, 11) is 3.72. The van der Waals surface area contributed by atoms with E-state index in [1.54, 1.807) is 34.7 Å². The quantitative estimate of drug-likeness (QED) is 0.0858. The number of amides is 3. The Morgan fingerprint density at radius 3 is 2.28 bits per heavy atom. The van der Waals surface area contributed by atoms with Crippen LogP contribution in [0.1, 0.15) is 104 Å². The normalized spacial score (nSPS) is 17.5. The van der Waals surface area contributed by atoms with E-state index in [-0.39, 0.29) is 35.9 Å². The molecule has 0 spiro atoms. The molecule has 0 radical (unpaired) electrons. The van der Waals surface area contributed by atoms with Crippen LogP contribution in [0.4, 0.5) is 11.4 Å². The molecule has 0 saturated carbocycles. The number of quaternary nitrogens is 1. The fourth-order valence-electron chi connectivity index (χ4n) is 11.7. The van der Waals surface area contributed by atoms with Crippen LogP contribution in [0.5, 0.6) is 11.5 Å². The molecular formula is C60H69N8O6+. The number of hydrogen-bond acceptors (Lipinski definition) is 8. The molecule has 4 aliphatic rings. The van der Waals surface area contributed by atoms with E-state index in [2.05, 4.69) is 30.3 Å². The lowest BCUT2D eigenvalue weighted by Gasteiger charge is -2.44. The van der Waals surface area contributed by atoms with E-state index < -0.39 is 0 Å². The topological polar surface area (TPSA) is 159 Å². The number of ether oxygens (including phenoxy) is 2. The predicted molar refractivity (Wildman–Crippen MR) is 285 cm³/mol. The van der Waals surface area contributed by atoms with Gasteiger partial charge in [0.25, 0.3) is 11.8 Å². The molecule has 3 N–H and O–H groups in total. The van der Waals surface area contributed by atoms with Crippen LogP contribution in [-0.4, -0.2) is 98.4 Å². The van der Waals surface area contributed by atoms with Gasteiger partial charge in [-0.15, -0.1) is 0 Å². The van der Waals surface area contributed by atoms with Gasteiger partial charge in [0.1, 0.15) is 29.8 Å². The molecule has 4 aromatic carbocycles. The van der Waals surface area contributed by atoms with Crippen molar-refractivity contribution >= 4 is 29.1 Å². The molecule has 384 valence electrons. The van der Waals surface area contributed by atoms with E-state index in [4.69, 9.17) is 15.3 Å². The molecule has 3 amide bonds. The molecule has 1 atom stereocenters. The third-order valence-electron chi connectivity index (χ3n) is 16.5. The minimum Gasteiger partial charge on any atom is -0.508 e. The highest BCUT2D eigenvalue weighted by Gasteiger charge is 2.39. The van der Waals surface area contributed by atoms with E-state index in [0.717, 1.165) is 98.5 Å². The van der Waals surface area contributed by atoms with Crippen molar-refractivity contribution in [3.8, 4) is 28.8 Å². The predicted octanol–water partition coefficient (Wildman–Crippen LogP) is 8.97. The lowest BCUT2D eigenvalue weighted by atomic mass is 9.89. The van der Waals surface area contributed by atoms with Gasteiger partial charge in [-0.3, -0.25) is 19.3 Å². The molecule has 0 bridgehead atoms. The number of anilines is 2. The Morgan fingerprint density at radius 1 is 0.838 bits per heavy atom. The molecule has 2 saturated heterocycles. The maximum Gasteiger partial charge on any atom is 0.264 e. The molecule has 14 heteroatoms. The average Bonchev–Trinajstić information content (AvgIpc) is 3.88. The van der Waals surface area contributed by atoms with Gasteiger partial charge >= 0.3 is 0 Å². The second-order valence-electron chi connectivity index (χ2n) is 21.1. The number of nitrogens with two attached hydrogens (primary N) is 1. The first kappa shape index (κ1) is 50.4. The van der Waals surface area contributed by atoms with Crippen LogP contribution >= 0.6 is 0 Å². The molecule has 2 aromatic heterocycles. The van der Waals surface area contributed by atoms with Crippen molar-refractivity contribution in [3.05, 3.63) is 153 Å². The van der Waals surface area contributed by atoms with Crippen molar-refractivity contribution < 1.29 is 33.6 Å². The van der Waals surface area contributed by atoms with Crippen LogP contribution in [-0.2, 0) is 56.0 Å². The second-order valence-corrected chi connectivity index (χ2v) is 21.1. The van der Waals surface area contributed by atoms with Gasteiger partial charge in [-0.05, 0) is 160 Å². The number of hydrogen-bond donors (Lipinski definition) is 2. The van der Waals surface area contributed by atoms with Gasteiger partial charge in [-0.1, -0.05) is 36.4 Å². The first-order chi connectivity index (χ1) is 35.8. The number of aromatic nitrogens is 2. The number of fused-ring (bicyclic) bond motifs is 2. The number of nitrogens with zero attached hydrogens (tertiary/aromatic N) is 7. The standard InChI is InChI=1S/C60H68N8O6/c1-40-53(60(72)67(48-14-16-51(69)17-15-48)56-34-49(36-61)63(3)41(56)2)35-57(64(40)4)54-32-45-20-24-65(58(70)30-43-12-18-52(19-13-43)74-29-23-42-21-27-73-28-22-42)37-47(45)33-55(54)59(71)66-38-46-11-7-6-10-44(46)31-50(66)39-68(62)25-8-5-9-26-68/h6-7,10-19,32-35,42,50H,5,8-9,20-31,37-39,62H2,1-4H3/p+1/t50-/m0/s1. The zero-order valence-electron chi connectivity index (χ0n) is 43.3. The Balaban J connectivity index is 0.994. The lowest BCUT2D eigenvalue weighted by Crippen LogP contribution is -2.63. The number of rotatable bonds is 13. The van der Waals surface area contributed by atoms with Gasteiger partial charge in [0.05, 0.1) is 43.4 Å². The van der Waals surface area contributed by atoms with E-state index in [0.29, 0.717) is 101 Å². The highest BCUT2D eigenvalue weighted by molar-refractivity contribution is 6.13. The zero-order valence-corrected chi connectivity index (χ0v) is 43.3. The van der Waals surface area contributed by atoms with Crippen LogP contribution in [0.15, 0.2) is 97.1 Å². The minimum absolute atomic E-state index is 0.0157. The second kappa shape index (κ2) is 21.3. The summed E-state index contributed by atoms with van der Waals surface area (Å²) in [4.78, 5) is 50.8. The van der Waals surface area contributed by atoms with Crippen molar-refractivity contribution in [1.29, 1.82) is 5.26 Å². The summed E-state index contributed by atoms with van der Waals surface area (Å²) in [6.07, 6.45) is 7.94. The van der Waals surface area contributed by atoms with Gasteiger partial charge in [0.2, 0.25) is 5.91 Å². The summed E-state index contributed by atoms with van der Waals surface area (Å²) in [6.45, 7) is 9.75. The Labute approximate surface area is 434 Å². The van der Waals surface area contributed by atoms with Crippen molar-refractivity contribution in [2.45, 2.75) is 90.8 Å². The van der Waals surface area contributed by atoms with E-state index in [1.807, 2.05) is 77.7 Å². The molecule has 6 aromatic rings. The van der Waals surface area contributed by atoms with E-state index >= 15 is 9.59 Å². The number of carbonyl (C=O) groups is 3. The summed E-state index contributed by atoms with van der Waals surface area (Å²) in [5, 5.41) is 20.3. The van der Waals surface area contributed by atoms with Gasteiger partial charge in [-0.2, -0.15) is 11.1 Å². The summed E-state index contributed by atoms with van der Waals surface area (Å²) in [6, 6.07) is 32.5. The molecule has 74 heavy (non-hydrogen) atoms. The third-order valence-corrected chi connectivity index (χ3v) is 16.5. The SMILES string of the molecule is Cc1c(N(C(=O)c2cc(-c3cc4c(cc3C(=O)N3Cc5ccccc5C[C@H]3C[N+]3(N)CCCCC3)CN(C(=O)Cc3ccc(OCCC5CCOCC5)cc3)CC4)n(C)c2C)c2ccc(O)cc2)cc(C#N)n1C. The average molecular weight is 998 g/mol. The molecule has 14 nitrogen and oxygen atoms in total. The Morgan fingerprint density at radius 2 is 1.57 bits per heavy atom. The number of aromatic hydroxyl groups is 1. The van der Waals surface area contributed by atoms with Crippen molar-refractivity contribution in [2.75, 3.05) is 50.9 Å². The molecule has 0 unspecified atom stereocenters. The van der Waals surface area contributed by atoms with E-state index in [1.165, 1.54) is 17.7 Å². The largest absolute Gasteiger partial charge is 0.508 e. The molecular weight excluding hydrogens is 929 g/mol. The Bertz CT molecular complexity index is 3100.